The summed E-state index contributed by atoms with van der Waals surface area (Å²) in [6.45, 7) is 0. The van der Waals surface area contributed by atoms with E-state index < -0.39 is 0 Å². The van der Waals surface area contributed by atoms with Gasteiger partial charge < -0.3 is 9.47 Å². The average molecular weight is 305 g/mol. The van der Waals surface area contributed by atoms with Crippen molar-refractivity contribution in [1.82, 2.24) is 4.98 Å². The fraction of sp³-hybridized carbons (Fsp3) is 0.0769. The first-order valence-corrected chi connectivity index (χ1v) is 5.91. The quantitative estimate of drug-likeness (QED) is 0.870. The maximum absolute atomic E-state index is 8.76. The van der Waals surface area contributed by atoms with Crippen LogP contribution in [0.1, 0.15) is 5.69 Å². The molecule has 1 heterocycles. The predicted molar refractivity (Wildman–Crippen MR) is 69.7 cm³/mol. The molecule has 2 aromatic rings. The van der Waals surface area contributed by atoms with Gasteiger partial charge in [-0.25, -0.2) is 4.98 Å². The van der Waals surface area contributed by atoms with E-state index in [-0.39, 0.29) is 0 Å². The van der Waals surface area contributed by atoms with Crippen LogP contribution in [-0.2, 0) is 0 Å². The fourth-order valence-corrected chi connectivity index (χ4v) is 1.78. The van der Waals surface area contributed by atoms with Crippen LogP contribution in [0.5, 0.6) is 17.4 Å². The van der Waals surface area contributed by atoms with E-state index in [0.717, 1.165) is 10.2 Å². The molecule has 5 heteroatoms. The van der Waals surface area contributed by atoms with Gasteiger partial charge >= 0.3 is 0 Å². The van der Waals surface area contributed by atoms with Crippen molar-refractivity contribution in [3.05, 3.63) is 46.6 Å². The number of aromatic nitrogens is 1. The molecule has 0 spiro atoms. The second-order valence-electron chi connectivity index (χ2n) is 3.37. The second-order valence-corrected chi connectivity index (χ2v) is 4.23. The van der Waals surface area contributed by atoms with Gasteiger partial charge in [0.15, 0.2) is 0 Å². The predicted octanol–water partition coefficient (Wildman–Crippen LogP) is 3.52. The molecule has 0 atom stereocenters. The number of halogens is 1. The molecule has 2 rings (SSSR count). The van der Waals surface area contributed by atoms with Crippen molar-refractivity contribution in [3.8, 4) is 23.4 Å². The molecule has 1 aromatic heterocycles. The molecule has 4 nitrogen and oxygen atoms in total. The second kappa shape index (κ2) is 5.52. The first-order chi connectivity index (χ1) is 8.72. The Morgan fingerprint density at radius 2 is 2.11 bits per heavy atom. The topological polar surface area (TPSA) is 55.1 Å². The van der Waals surface area contributed by atoms with E-state index in [1.807, 2.05) is 6.07 Å². The van der Waals surface area contributed by atoms with Crippen molar-refractivity contribution in [2.75, 3.05) is 7.11 Å². The van der Waals surface area contributed by atoms with E-state index in [2.05, 4.69) is 20.9 Å². The minimum atomic E-state index is 0.317. The van der Waals surface area contributed by atoms with Crippen LogP contribution >= 0.6 is 15.9 Å². The van der Waals surface area contributed by atoms with Gasteiger partial charge in [0.2, 0.25) is 5.88 Å². The van der Waals surface area contributed by atoms with Crippen LogP contribution in [-0.4, -0.2) is 12.1 Å². The fourth-order valence-electron chi connectivity index (χ4n) is 1.34. The number of rotatable bonds is 3. The number of pyridine rings is 1. The van der Waals surface area contributed by atoms with Gasteiger partial charge in [0.1, 0.15) is 23.3 Å². The molecule has 0 saturated heterocycles. The summed E-state index contributed by atoms with van der Waals surface area (Å²) in [6.07, 6.45) is 0. The van der Waals surface area contributed by atoms with Crippen molar-refractivity contribution in [2.24, 2.45) is 0 Å². The summed E-state index contributed by atoms with van der Waals surface area (Å²) in [6, 6.07) is 12.3. The molecule has 0 aliphatic heterocycles. The third-order valence-electron chi connectivity index (χ3n) is 2.19. The summed E-state index contributed by atoms with van der Waals surface area (Å²) in [7, 11) is 1.60. The van der Waals surface area contributed by atoms with Gasteiger partial charge in [0.05, 0.1) is 11.6 Å². The maximum atomic E-state index is 8.76. The Bertz CT molecular complexity index is 608. The van der Waals surface area contributed by atoms with Crippen LogP contribution in [0.3, 0.4) is 0 Å². The van der Waals surface area contributed by atoms with Crippen molar-refractivity contribution < 1.29 is 9.47 Å². The van der Waals surface area contributed by atoms with Gasteiger partial charge in [0.25, 0.3) is 0 Å². The third kappa shape index (κ3) is 2.79. The van der Waals surface area contributed by atoms with Crippen molar-refractivity contribution in [3.63, 3.8) is 0 Å². The van der Waals surface area contributed by atoms with Crippen molar-refractivity contribution in [2.45, 2.75) is 0 Å². The maximum Gasteiger partial charge on any atom is 0.220 e. The lowest BCUT2D eigenvalue weighted by atomic mass is 10.3. The smallest absolute Gasteiger partial charge is 0.220 e. The summed E-state index contributed by atoms with van der Waals surface area (Å²) >= 11 is 3.38. The number of hydrogen-bond donors (Lipinski definition) is 0. The Labute approximate surface area is 113 Å². The zero-order valence-corrected chi connectivity index (χ0v) is 11.1. The van der Waals surface area contributed by atoms with Crippen molar-refractivity contribution >= 4 is 15.9 Å². The standard InChI is InChI=1S/C13H9BrN2O2/c1-17-10-5-6-12(11(14)7-10)18-13-4-2-3-9(8-15)16-13/h2-7H,1H3. The number of benzene rings is 1. The highest BCUT2D eigenvalue weighted by Gasteiger charge is 2.05. The van der Waals surface area contributed by atoms with E-state index in [4.69, 9.17) is 14.7 Å². The van der Waals surface area contributed by atoms with Crippen molar-refractivity contribution in [1.29, 1.82) is 5.26 Å². The Morgan fingerprint density at radius 1 is 1.28 bits per heavy atom. The van der Waals surface area contributed by atoms with Crippen LogP contribution in [0.4, 0.5) is 0 Å². The highest BCUT2D eigenvalue weighted by Crippen LogP contribution is 2.31. The molecular weight excluding hydrogens is 296 g/mol. The van der Waals surface area contributed by atoms with Gasteiger partial charge in [-0.15, -0.1) is 0 Å². The number of hydrogen-bond acceptors (Lipinski definition) is 4. The SMILES string of the molecule is COc1ccc(Oc2cccc(C#N)n2)c(Br)c1. The lowest BCUT2D eigenvalue weighted by molar-refractivity contribution is 0.411. The summed E-state index contributed by atoms with van der Waals surface area (Å²) in [4.78, 5) is 4.03. The molecule has 0 bridgehead atoms. The molecule has 90 valence electrons. The van der Waals surface area contributed by atoms with Crippen LogP contribution < -0.4 is 9.47 Å². The number of nitriles is 1. The lowest BCUT2D eigenvalue weighted by Crippen LogP contribution is -1.91. The van der Waals surface area contributed by atoms with Crippen LogP contribution in [0.15, 0.2) is 40.9 Å². The normalized spacial score (nSPS) is 9.61. The molecule has 0 aliphatic rings. The Balaban J connectivity index is 2.26. The Hall–Kier alpha value is -2.06. The molecule has 0 N–H and O–H groups in total. The third-order valence-corrected chi connectivity index (χ3v) is 2.81. The molecule has 0 aliphatic carbocycles. The van der Waals surface area contributed by atoms with E-state index in [9.17, 15) is 0 Å². The Morgan fingerprint density at radius 3 is 2.78 bits per heavy atom. The van der Waals surface area contributed by atoms with Crippen LogP contribution in [0.2, 0.25) is 0 Å². The zero-order chi connectivity index (χ0) is 13.0. The minimum absolute atomic E-state index is 0.317. The van der Waals surface area contributed by atoms with Crippen LogP contribution in [0.25, 0.3) is 0 Å². The highest BCUT2D eigenvalue weighted by atomic mass is 79.9. The molecular formula is C13H9BrN2O2. The summed E-state index contributed by atoms with van der Waals surface area (Å²) in [5, 5.41) is 8.76. The minimum Gasteiger partial charge on any atom is -0.497 e. The van der Waals surface area contributed by atoms with E-state index in [1.165, 1.54) is 0 Å². The first-order valence-electron chi connectivity index (χ1n) is 5.11. The first kappa shape index (κ1) is 12.4. The highest BCUT2D eigenvalue weighted by molar-refractivity contribution is 9.10. The number of ether oxygens (including phenoxy) is 2. The summed E-state index contributed by atoms with van der Waals surface area (Å²) < 4.78 is 11.4. The zero-order valence-electron chi connectivity index (χ0n) is 9.55. The molecule has 1 aromatic carbocycles. The number of nitrogens with zero attached hydrogens (tertiary/aromatic N) is 2. The Kier molecular flexibility index (Phi) is 3.80. The van der Waals surface area contributed by atoms with Crippen LogP contribution in [0, 0.1) is 11.3 Å². The molecule has 0 fully saturated rings. The van der Waals surface area contributed by atoms with Gasteiger partial charge in [0, 0.05) is 6.07 Å². The summed E-state index contributed by atoms with van der Waals surface area (Å²) in [5.41, 5.74) is 0.317. The van der Waals surface area contributed by atoms with Gasteiger partial charge in [-0.3, -0.25) is 0 Å². The van der Waals surface area contributed by atoms with Gasteiger partial charge in [-0.05, 0) is 40.2 Å². The molecule has 0 amide bonds. The van der Waals surface area contributed by atoms with Gasteiger partial charge in [-0.1, -0.05) is 6.07 Å². The molecule has 0 radical (unpaired) electrons. The molecule has 18 heavy (non-hydrogen) atoms. The average Bonchev–Trinajstić information content (AvgIpc) is 2.41. The number of methoxy groups -OCH3 is 1. The van der Waals surface area contributed by atoms with Gasteiger partial charge in [-0.2, -0.15) is 5.26 Å². The lowest BCUT2D eigenvalue weighted by Gasteiger charge is -2.08. The van der Waals surface area contributed by atoms with E-state index in [1.54, 1.807) is 43.5 Å². The largest absolute Gasteiger partial charge is 0.497 e. The summed E-state index contributed by atoms with van der Waals surface area (Å²) in [5.74, 6) is 1.71. The van der Waals surface area contributed by atoms with E-state index in [0.29, 0.717) is 17.3 Å². The molecule has 0 unspecified atom stereocenters. The molecule has 0 saturated carbocycles. The monoisotopic (exact) mass is 304 g/mol. The van der Waals surface area contributed by atoms with E-state index >= 15 is 0 Å².